The summed E-state index contributed by atoms with van der Waals surface area (Å²) in [5.41, 5.74) is 14.6. The molecule has 0 saturated heterocycles. The minimum absolute atomic E-state index is 0.0678. The summed E-state index contributed by atoms with van der Waals surface area (Å²) in [7, 11) is 0. The van der Waals surface area contributed by atoms with E-state index in [0.29, 0.717) is 22.7 Å². The van der Waals surface area contributed by atoms with Crippen LogP contribution in [0.15, 0.2) is 64.7 Å². The first-order valence-corrected chi connectivity index (χ1v) is 7.94. The summed E-state index contributed by atoms with van der Waals surface area (Å²) in [4.78, 5) is 12.1. The van der Waals surface area contributed by atoms with Gasteiger partial charge in [0.15, 0.2) is 5.96 Å². The molecular weight excluding hydrogens is 336 g/mol. The van der Waals surface area contributed by atoms with Crippen LogP contribution >= 0.6 is 0 Å². The van der Waals surface area contributed by atoms with Crippen molar-refractivity contribution in [3.8, 4) is 0 Å². The molecular formula is C19H15F2N5. The van der Waals surface area contributed by atoms with Gasteiger partial charge in [-0.15, -0.1) is 0 Å². The van der Waals surface area contributed by atoms with Crippen molar-refractivity contribution in [3.05, 3.63) is 88.7 Å². The van der Waals surface area contributed by atoms with E-state index in [-0.39, 0.29) is 11.5 Å². The zero-order valence-corrected chi connectivity index (χ0v) is 13.6. The molecule has 1 aliphatic heterocycles. The smallest absolute Gasteiger partial charge is 0.186 e. The van der Waals surface area contributed by atoms with Gasteiger partial charge in [0.2, 0.25) is 0 Å². The molecule has 1 aliphatic rings. The molecule has 7 heteroatoms. The molecule has 5 N–H and O–H groups in total. The fourth-order valence-electron chi connectivity index (χ4n) is 3.14. The first-order valence-electron chi connectivity index (χ1n) is 7.94. The van der Waals surface area contributed by atoms with Gasteiger partial charge in [-0.1, -0.05) is 18.2 Å². The Labute approximate surface area is 148 Å². The lowest BCUT2D eigenvalue weighted by atomic mass is 9.97. The molecule has 26 heavy (non-hydrogen) atoms. The van der Waals surface area contributed by atoms with Gasteiger partial charge in [-0.3, -0.25) is 0 Å². The van der Waals surface area contributed by atoms with Gasteiger partial charge in [0.1, 0.15) is 17.7 Å². The molecule has 4 rings (SSSR count). The van der Waals surface area contributed by atoms with Crippen LogP contribution in [0, 0.1) is 11.6 Å². The Hall–Kier alpha value is -3.48. The molecule has 2 heterocycles. The number of nitrogens with one attached hydrogen (secondary N) is 1. The maximum Gasteiger partial charge on any atom is 0.186 e. The zero-order chi connectivity index (χ0) is 18.3. The zero-order valence-electron chi connectivity index (χ0n) is 13.6. The van der Waals surface area contributed by atoms with Gasteiger partial charge in [0, 0.05) is 29.0 Å². The van der Waals surface area contributed by atoms with Crippen LogP contribution in [0.3, 0.4) is 0 Å². The Morgan fingerprint density at radius 3 is 2.62 bits per heavy atom. The summed E-state index contributed by atoms with van der Waals surface area (Å²) in [5, 5.41) is 0. The highest BCUT2D eigenvalue weighted by atomic mass is 19.1. The topological polar surface area (TPSA) is 92.6 Å². The molecule has 0 saturated carbocycles. The number of H-pyrrole nitrogens is 1. The highest BCUT2D eigenvalue weighted by molar-refractivity contribution is 6.15. The normalized spacial score (nSPS) is 15.5. The molecule has 0 amide bonds. The second kappa shape index (κ2) is 6.11. The van der Waals surface area contributed by atoms with Crippen molar-refractivity contribution in [2.75, 3.05) is 0 Å². The van der Waals surface area contributed by atoms with Gasteiger partial charge in [-0.25, -0.2) is 18.8 Å². The number of halogens is 2. The average molecular weight is 351 g/mol. The van der Waals surface area contributed by atoms with Crippen LogP contribution in [0.5, 0.6) is 0 Å². The lowest BCUT2D eigenvalue weighted by Crippen LogP contribution is -2.24. The number of hydrogen-bond acceptors (Lipinski definition) is 2. The van der Waals surface area contributed by atoms with E-state index in [9.17, 15) is 8.78 Å². The predicted molar refractivity (Wildman–Crippen MR) is 96.5 cm³/mol. The van der Waals surface area contributed by atoms with Crippen molar-refractivity contribution in [2.24, 2.45) is 21.5 Å². The van der Waals surface area contributed by atoms with E-state index in [1.807, 2.05) is 18.2 Å². The molecule has 2 aromatic carbocycles. The van der Waals surface area contributed by atoms with E-state index in [1.54, 1.807) is 18.3 Å². The highest BCUT2D eigenvalue weighted by Gasteiger charge is 2.28. The van der Waals surface area contributed by atoms with Crippen LogP contribution in [0.2, 0.25) is 0 Å². The van der Waals surface area contributed by atoms with Crippen molar-refractivity contribution in [2.45, 2.75) is 6.04 Å². The minimum atomic E-state index is -0.686. The Balaban J connectivity index is 2.02. The van der Waals surface area contributed by atoms with Gasteiger partial charge in [0.05, 0.1) is 17.1 Å². The molecule has 0 bridgehead atoms. The predicted octanol–water partition coefficient (Wildman–Crippen LogP) is 3.14. The van der Waals surface area contributed by atoms with Gasteiger partial charge >= 0.3 is 0 Å². The monoisotopic (exact) mass is 351 g/mol. The van der Waals surface area contributed by atoms with Crippen LogP contribution in [0.4, 0.5) is 14.5 Å². The third kappa shape index (κ3) is 2.63. The molecule has 0 fully saturated rings. The van der Waals surface area contributed by atoms with Gasteiger partial charge in [-0.05, 0) is 24.3 Å². The van der Waals surface area contributed by atoms with Gasteiger partial charge in [0.25, 0.3) is 0 Å². The first kappa shape index (κ1) is 16.0. The lowest BCUT2D eigenvalue weighted by Gasteiger charge is -2.13. The number of aromatic nitrogens is 1. The van der Waals surface area contributed by atoms with Crippen molar-refractivity contribution in [1.29, 1.82) is 0 Å². The number of nitrogens with zero attached hydrogens (tertiary/aromatic N) is 2. The van der Waals surface area contributed by atoms with Crippen LogP contribution in [0.1, 0.15) is 28.4 Å². The summed E-state index contributed by atoms with van der Waals surface area (Å²) >= 11 is 0. The maximum atomic E-state index is 14.5. The number of nitrogens with two attached hydrogens (primary N) is 2. The quantitative estimate of drug-likeness (QED) is 0.489. The molecule has 0 radical (unpaired) electrons. The summed E-state index contributed by atoms with van der Waals surface area (Å²) < 4.78 is 27.8. The number of aliphatic imine (C=N–C) groups is 2. The SMILES string of the molecule is NC(N)=NC1c2ccccc2N=C(c2ccc(F)cc2F)c2cc[nH]c21. The van der Waals surface area contributed by atoms with Gasteiger partial charge in [-0.2, -0.15) is 0 Å². The van der Waals surface area contributed by atoms with Crippen molar-refractivity contribution < 1.29 is 8.78 Å². The van der Waals surface area contributed by atoms with Gasteiger partial charge < -0.3 is 16.5 Å². The summed E-state index contributed by atoms with van der Waals surface area (Å²) in [6.45, 7) is 0. The summed E-state index contributed by atoms with van der Waals surface area (Å²) in [6.07, 6.45) is 1.71. The fraction of sp³-hybridized carbons (Fsp3) is 0.0526. The van der Waals surface area contributed by atoms with Crippen LogP contribution < -0.4 is 11.5 Å². The van der Waals surface area contributed by atoms with E-state index >= 15 is 0 Å². The first-order chi connectivity index (χ1) is 12.5. The Morgan fingerprint density at radius 1 is 1.04 bits per heavy atom. The van der Waals surface area contributed by atoms with Crippen LogP contribution in [0.25, 0.3) is 0 Å². The Morgan fingerprint density at radius 2 is 1.85 bits per heavy atom. The summed E-state index contributed by atoms with van der Waals surface area (Å²) in [6, 6.07) is 12.0. The third-order valence-electron chi connectivity index (χ3n) is 4.24. The number of benzene rings is 2. The maximum absolute atomic E-state index is 14.5. The summed E-state index contributed by atoms with van der Waals surface area (Å²) in [5.74, 6) is -1.40. The van der Waals surface area contributed by atoms with E-state index in [0.717, 1.165) is 11.6 Å². The van der Waals surface area contributed by atoms with E-state index < -0.39 is 17.7 Å². The minimum Gasteiger partial charge on any atom is -0.370 e. The van der Waals surface area contributed by atoms with E-state index in [4.69, 9.17) is 11.5 Å². The van der Waals surface area contributed by atoms with Crippen LogP contribution in [-0.4, -0.2) is 16.7 Å². The van der Waals surface area contributed by atoms with Crippen molar-refractivity contribution >= 4 is 17.4 Å². The molecule has 1 atom stereocenters. The number of para-hydroxylation sites is 1. The molecule has 1 aromatic heterocycles. The molecule has 1 unspecified atom stereocenters. The highest BCUT2D eigenvalue weighted by Crippen LogP contribution is 2.38. The molecule has 0 aliphatic carbocycles. The Bertz CT molecular complexity index is 1050. The standard InChI is InChI=1S/C19H15F2N5/c20-10-5-6-11(14(21)9-10)16-13-7-8-24-17(13)18(26-19(22)23)12-3-1-2-4-15(12)25-16/h1-9,18,24H,(H4,22,23,26). The largest absolute Gasteiger partial charge is 0.370 e. The number of fused-ring (bicyclic) bond motifs is 2. The number of rotatable bonds is 2. The lowest BCUT2D eigenvalue weighted by molar-refractivity contribution is 0.582. The van der Waals surface area contributed by atoms with Crippen molar-refractivity contribution in [3.63, 3.8) is 0 Å². The molecule has 3 aromatic rings. The second-order valence-electron chi connectivity index (χ2n) is 5.90. The van der Waals surface area contributed by atoms with E-state index in [1.165, 1.54) is 12.1 Å². The molecule has 5 nitrogen and oxygen atoms in total. The number of hydrogen-bond donors (Lipinski definition) is 3. The number of guanidine groups is 1. The molecule has 130 valence electrons. The van der Waals surface area contributed by atoms with Crippen molar-refractivity contribution in [1.82, 2.24) is 4.98 Å². The fourth-order valence-corrected chi connectivity index (χ4v) is 3.14. The Kier molecular flexibility index (Phi) is 3.76. The second-order valence-corrected chi connectivity index (χ2v) is 5.90. The number of aromatic amines is 1. The average Bonchev–Trinajstić information content (AvgIpc) is 3.03. The third-order valence-corrected chi connectivity index (χ3v) is 4.24. The van der Waals surface area contributed by atoms with E-state index in [2.05, 4.69) is 15.0 Å². The molecule has 0 spiro atoms. The van der Waals surface area contributed by atoms with Crippen LogP contribution in [-0.2, 0) is 0 Å².